The Morgan fingerprint density at radius 3 is 2.38 bits per heavy atom. The van der Waals surface area contributed by atoms with E-state index in [1.165, 1.54) is 11.3 Å². The van der Waals surface area contributed by atoms with Gasteiger partial charge in [0.25, 0.3) is 5.91 Å². The molecule has 3 heterocycles. The molecule has 0 N–H and O–H groups in total. The van der Waals surface area contributed by atoms with Crippen molar-refractivity contribution in [1.82, 2.24) is 14.9 Å². The molecule has 0 aromatic carbocycles. The molecular formula is C19H27N3OS. The molecule has 0 radical (unpaired) electrons. The molecule has 2 aromatic rings. The molecule has 130 valence electrons. The van der Waals surface area contributed by atoms with Gasteiger partial charge in [0.05, 0.1) is 10.6 Å². The number of carbonyl (C=O) groups excluding carboxylic acids is 1. The molecule has 0 saturated carbocycles. The molecule has 4 nitrogen and oxygen atoms in total. The van der Waals surface area contributed by atoms with Gasteiger partial charge in [-0.3, -0.25) is 4.79 Å². The van der Waals surface area contributed by atoms with Gasteiger partial charge in [0, 0.05) is 23.9 Å². The van der Waals surface area contributed by atoms with Gasteiger partial charge in [-0.25, -0.2) is 9.97 Å². The van der Waals surface area contributed by atoms with Gasteiger partial charge in [-0.15, -0.1) is 11.3 Å². The van der Waals surface area contributed by atoms with E-state index in [0.717, 1.165) is 64.0 Å². The highest BCUT2D eigenvalue weighted by atomic mass is 32.1. The monoisotopic (exact) mass is 345 g/mol. The molecule has 1 aliphatic rings. The van der Waals surface area contributed by atoms with Gasteiger partial charge in [-0.1, -0.05) is 27.7 Å². The maximum Gasteiger partial charge on any atom is 0.264 e. The van der Waals surface area contributed by atoms with Gasteiger partial charge >= 0.3 is 0 Å². The Morgan fingerprint density at radius 1 is 1.17 bits per heavy atom. The first kappa shape index (κ1) is 17.3. The van der Waals surface area contributed by atoms with Crippen molar-refractivity contribution in [2.24, 2.45) is 5.92 Å². The molecule has 2 aromatic heterocycles. The van der Waals surface area contributed by atoms with Crippen LogP contribution in [0.25, 0.3) is 10.2 Å². The number of nitrogens with zero attached hydrogens (tertiary/aromatic N) is 3. The van der Waals surface area contributed by atoms with Crippen molar-refractivity contribution in [2.45, 2.75) is 59.8 Å². The zero-order chi connectivity index (χ0) is 17.6. The lowest BCUT2D eigenvalue weighted by Gasteiger charge is -2.30. The first-order chi connectivity index (χ1) is 11.2. The van der Waals surface area contributed by atoms with Crippen molar-refractivity contribution in [2.75, 3.05) is 13.1 Å². The molecule has 0 spiro atoms. The average molecular weight is 346 g/mol. The van der Waals surface area contributed by atoms with E-state index in [9.17, 15) is 4.79 Å². The number of aromatic nitrogens is 2. The number of thiophene rings is 1. The smallest absolute Gasteiger partial charge is 0.264 e. The fraction of sp³-hybridized carbons (Fsp3) is 0.632. The maximum atomic E-state index is 13.0. The first-order valence-corrected chi connectivity index (χ1v) is 9.57. The third-order valence-electron chi connectivity index (χ3n) is 4.91. The number of aryl methyl sites for hydroxylation is 2. The molecular weight excluding hydrogens is 318 g/mol. The Labute approximate surface area is 148 Å². The molecule has 3 rings (SSSR count). The molecule has 1 amide bonds. The maximum absolute atomic E-state index is 13.0. The minimum absolute atomic E-state index is 0.0932. The van der Waals surface area contributed by atoms with Crippen LogP contribution in [0.15, 0.2) is 0 Å². The summed E-state index contributed by atoms with van der Waals surface area (Å²) in [5.41, 5.74) is 1.92. The normalized spacial score (nSPS) is 16.8. The van der Waals surface area contributed by atoms with Crippen LogP contribution in [0.4, 0.5) is 0 Å². The highest BCUT2D eigenvalue weighted by Crippen LogP contribution is 2.34. The van der Waals surface area contributed by atoms with E-state index in [2.05, 4.69) is 27.7 Å². The molecule has 0 atom stereocenters. The van der Waals surface area contributed by atoms with Crippen LogP contribution in [0.3, 0.4) is 0 Å². The first-order valence-electron chi connectivity index (χ1n) is 8.76. The van der Waals surface area contributed by atoms with Crippen LogP contribution in [0.5, 0.6) is 0 Å². The van der Waals surface area contributed by atoms with E-state index < -0.39 is 0 Å². The summed E-state index contributed by atoms with van der Waals surface area (Å²) in [6, 6.07) is 0. The van der Waals surface area contributed by atoms with E-state index in [1.54, 1.807) is 0 Å². The van der Waals surface area contributed by atoms with E-state index in [1.807, 2.05) is 18.7 Å². The van der Waals surface area contributed by atoms with Crippen LogP contribution in [-0.2, 0) is 5.41 Å². The SMILES string of the molecule is Cc1nc(C(C)(C)C)nc2sc(C(=O)N3CCC(C)CC3)c(C)c12. The summed E-state index contributed by atoms with van der Waals surface area (Å²) >= 11 is 1.53. The molecule has 5 heteroatoms. The summed E-state index contributed by atoms with van der Waals surface area (Å²) < 4.78 is 0. The standard InChI is InChI=1S/C19H27N3OS/c1-11-7-9-22(10-8-11)17(23)15-12(2)14-13(3)20-18(19(4,5)6)21-16(14)24-15/h11H,7-10H2,1-6H3. The Morgan fingerprint density at radius 2 is 1.79 bits per heavy atom. The summed E-state index contributed by atoms with van der Waals surface area (Å²) in [7, 11) is 0. The highest BCUT2D eigenvalue weighted by Gasteiger charge is 2.27. The van der Waals surface area contributed by atoms with Crippen molar-refractivity contribution in [3.63, 3.8) is 0 Å². The number of rotatable bonds is 1. The summed E-state index contributed by atoms with van der Waals surface area (Å²) in [6.07, 6.45) is 2.20. The van der Waals surface area contributed by atoms with Crippen LogP contribution in [-0.4, -0.2) is 33.9 Å². The zero-order valence-corrected chi connectivity index (χ0v) is 16.4. The zero-order valence-electron chi connectivity index (χ0n) is 15.6. The van der Waals surface area contributed by atoms with Gasteiger partial charge in [-0.05, 0) is 38.2 Å². The second kappa shape index (κ2) is 6.10. The van der Waals surface area contributed by atoms with Crippen molar-refractivity contribution in [1.29, 1.82) is 0 Å². The molecule has 1 aliphatic heterocycles. The van der Waals surface area contributed by atoms with Gasteiger partial charge in [0.1, 0.15) is 10.7 Å². The van der Waals surface area contributed by atoms with Crippen LogP contribution in [0.1, 0.15) is 67.3 Å². The molecule has 0 unspecified atom stereocenters. The summed E-state index contributed by atoms with van der Waals surface area (Å²) in [4.78, 5) is 26.2. The molecule has 1 saturated heterocycles. The lowest BCUT2D eigenvalue weighted by molar-refractivity contribution is 0.0701. The van der Waals surface area contributed by atoms with Crippen molar-refractivity contribution < 1.29 is 4.79 Å². The predicted molar refractivity (Wildman–Crippen MR) is 99.9 cm³/mol. The largest absolute Gasteiger partial charge is 0.338 e. The molecule has 24 heavy (non-hydrogen) atoms. The Hall–Kier alpha value is -1.49. The van der Waals surface area contributed by atoms with Crippen molar-refractivity contribution in [3.8, 4) is 0 Å². The predicted octanol–water partition coefficient (Wildman–Crippen LogP) is 4.48. The third-order valence-corrected chi connectivity index (χ3v) is 6.08. The molecule has 1 fully saturated rings. The lowest BCUT2D eigenvalue weighted by Crippen LogP contribution is -2.37. The quantitative estimate of drug-likeness (QED) is 0.765. The second-order valence-electron chi connectivity index (χ2n) is 8.09. The molecule has 0 bridgehead atoms. The third kappa shape index (κ3) is 3.06. The van der Waals surface area contributed by atoms with Crippen LogP contribution in [0.2, 0.25) is 0 Å². The summed E-state index contributed by atoms with van der Waals surface area (Å²) in [6.45, 7) is 14.4. The van der Waals surface area contributed by atoms with Gasteiger partial charge in [0.2, 0.25) is 0 Å². The van der Waals surface area contributed by atoms with Crippen LogP contribution in [0, 0.1) is 19.8 Å². The molecule has 0 aliphatic carbocycles. The Kier molecular flexibility index (Phi) is 4.41. The summed E-state index contributed by atoms with van der Waals surface area (Å²) in [5.74, 6) is 1.73. The van der Waals surface area contributed by atoms with Crippen LogP contribution < -0.4 is 0 Å². The fourth-order valence-corrected chi connectivity index (χ4v) is 4.43. The van der Waals surface area contributed by atoms with Crippen molar-refractivity contribution in [3.05, 3.63) is 22.0 Å². The van der Waals surface area contributed by atoms with E-state index in [4.69, 9.17) is 9.97 Å². The Balaban J connectivity index is 2.02. The number of hydrogen-bond donors (Lipinski definition) is 0. The minimum atomic E-state index is -0.0932. The number of fused-ring (bicyclic) bond motifs is 1. The number of amides is 1. The second-order valence-corrected chi connectivity index (χ2v) is 9.09. The van der Waals surface area contributed by atoms with Gasteiger partial charge in [0.15, 0.2) is 0 Å². The summed E-state index contributed by atoms with van der Waals surface area (Å²) in [5, 5.41) is 1.06. The average Bonchev–Trinajstić information content (AvgIpc) is 2.84. The highest BCUT2D eigenvalue weighted by molar-refractivity contribution is 7.20. The number of hydrogen-bond acceptors (Lipinski definition) is 4. The van der Waals surface area contributed by atoms with E-state index >= 15 is 0 Å². The van der Waals surface area contributed by atoms with Gasteiger partial charge < -0.3 is 4.90 Å². The lowest BCUT2D eigenvalue weighted by atomic mass is 9.95. The van der Waals surface area contributed by atoms with Gasteiger partial charge in [-0.2, -0.15) is 0 Å². The fourth-order valence-electron chi connectivity index (χ4n) is 3.23. The van der Waals surface area contributed by atoms with E-state index in [-0.39, 0.29) is 11.3 Å². The Bertz CT molecular complexity index is 780. The minimum Gasteiger partial charge on any atom is -0.338 e. The number of piperidine rings is 1. The number of carbonyl (C=O) groups is 1. The van der Waals surface area contributed by atoms with Crippen molar-refractivity contribution >= 4 is 27.5 Å². The van der Waals surface area contributed by atoms with E-state index in [0.29, 0.717) is 0 Å². The van der Waals surface area contributed by atoms with Crippen LogP contribution >= 0.6 is 11.3 Å². The topological polar surface area (TPSA) is 46.1 Å². The number of likely N-dealkylation sites (tertiary alicyclic amines) is 1.